The summed E-state index contributed by atoms with van der Waals surface area (Å²) >= 11 is 0. The van der Waals surface area contributed by atoms with Gasteiger partial charge in [-0.25, -0.2) is 0 Å². The van der Waals surface area contributed by atoms with Crippen molar-refractivity contribution in [2.24, 2.45) is 5.92 Å². The molecule has 2 aliphatic heterocycles. The molecule has 5 atom stereocenters. The molecule has 0 saturated carbocycles. The van der Waals surface area contributed by atoms with Gasteiger partial charge in [-0.15, -0.1) is 5.10 Å². The summed E-state index contributed by atoms with van der Waals surface area (Å²) in [5, 5.41) is 21.9. The van der Waals surface area contributed by atoms with Crippen LogP contribution in [0.3, 0.4) is 0 Å². The van der Waals surface area contributed by atoms with Crippen molar-refractivity contribution in [3.05, 3.63) is 138 Å². The summed E-state index contributed by atoms with van der Waals surface area (Å²) in [7, 11) is -2.92. The van der Waals surface area contributed by atoms with Crippen molar-refractivity contribution in [2.75, 3.05) is 16.8 Å². The second kappa shape index (κ2) is 13.4. The molecule has 256 valence electrons. The molecule has 5 aromatic rings. The number of nitrogens with zero attached hydrogens (tertiary/aromatic N) is 4. The molecule has 0 bridgehead atoms. The summed E-state index contributed by atoms with van der Waals surface area (Å²) in [4.78, 5) is 41.5. The Kier molecular flexibility index (Phi) is 8.99. The zero-order valence-electron chi connectivity index (χ0n) is 28.3. The maximum absolute atomic E-state index is 14.9. The number of hydrogen-bond donors (Lipinski definition) is 3. The largest absolute Gasteiger partial charge is 0.432 e. The molecule has 2 amide bonds. The van der Waals surface area contributed by atoms with Gasteiger partial charge in [0, 0.05) is 46.7 Å². The van der Waals surface area contributed by atoms with Crippen LogP contribution in [0, 0.1) is 5.92 Å². The summed E-state index contributed by atoms with van der Waals surface area (Å²) in [5.41, 5.74) is 3.03. The highest BCUT2D eigenvalue weighted by molar-refractivity contribution is 6.71. The summed E-state index contributed by atoms with van der Waals surface area (Å²) in [6.07, 6.45) is 1.85. The average molecular weight is 688 g/mol. The Balaban J connectivity index is 1.23. The first-order chi connectivity index (χ1) is 24.1. The lowest BCUT2D eigenvalue weighted by Crippen LogP contribution is -2.45. The van der Waals surface area contributed by atoms with Gasteiger partial charge in [-0.2, -0.15) is 0 Å². The van der Waals surface area contributed by atoms with Crippen LogP contribution in [0.2, 0.25) is 18.6 Å². The van der Waals surface area contributed by atoms with Crippen LogP contribution < -0.4 is 10.2 Å². The highest BCUT2D eigenvalue weighted by Crippen LogP contribution is 2.61. The zero-order valence-corrected chi connectivity index (χ0v) is 29.3. The van der Waals surface area contributed by atoms with Crippen molar-refractivity contribution in [3.8, 4) is 0 Å². The van der Waals surface area contributed by atoms with E-state index in [2.05, 4.69) is 15.6 Å². The number of carbonyl (C=O) groups is 2. The van der Waals surface area contributed by atoms with Crippen LogP contribution in [-0.2, 0) is 21.7 Å². The molecular formula is C39H41N5O5Si. The summed E-state index contributed by atoms with van der Waals surface area (Å²) < 4.78 is 8.77. The van der Waals surface area contributed by atoms with Gasteiger partial charge in [0.2, 0.25) is 0 Å². The first-order valence-electron chi connectivity index (χ1n) is 17.0. The highest BCUT2D eigenvalue weighted by Gasteiger charge is 2.66. The van der Waals surface area contributed by atoms with Gasteiger partial charge >= 0.3 is 0 Å². The maximum Gasteiger partial charge on any atom is 0.268 e. The van der Waals surface area contributed by atoms with E-state index in [9.17, 15) is 19.5 Å². The van der Waals surface area contributed by atoms with E-state index in [0.29, 0.717) is 46.8 Å². The number of benzene rings is 4. The van der Waals surface area contributed by atoms with E-state index >= 15 is 0 Å². The van der Waals surface area contributed by atoms with Crippen molar-refractivity contribution in [2.45, 2.75) is 56.1 Å². The van der Waals surface area contributed by atoms with E-state index in [4.69, 9.17) is 4.74 Å². The molecule has 1 spiro atoms. The molecular weight excluding hydrogens is 647 g/mol. The predicted octanol–water partition coefficient (Wildman–Crippen LogP) is 6.22. The molecule has 2 aliphatic rings. The average Bonchev–Trinajstić information content (AvgIpc) is 3.78. The smallest absolute Gasteiger partial charge is 0.268 e. The van der Waals surface area contributed by atoms with Crippen LogP contribution in [0.25, 0.3) is 0 Å². The molecule has 3 heterocycles. The predicted molar refractivity (Wildman–Crippen MR) is 194 cm³/mol. The third kappa shape index (κ3) is 5.96. The first-order valence-corrected chi connectivity index (χ1v) is 20.0. The van der Waals surface area contributed by atoms with Gasteiger partial charge in [-0.1, -0.05) is 78.9 Å². The van der Waals surface area contributed by atoms with Crippen LogP contribution in [0.15, 0.2) is 115 Å². The van der Waals surface area contributed by atoms with Gasteiger partial charge < -0.3 is 20.0 Å². The van der Waals surface area contributed by atoms with E-state index in [-0.39, 0.29) is 35.8 Å². The molecule has 4 aromatic carbocycles. The highest BCUT2D eigenvalue weighted by atomic mass is 28.4. The normalized spacial score (nSPS) is 22.1. The SMILES string of the molecule is C[C@H]1[C@H]([Si](C)(C)O)[C@@H](CCn2cc(C(CO)c3ccccc3)nn2)O[C@]12C(=O)N(c1ccccc1)c1ccc(NC(=O)c3ccccc3)cc12. The standard InChI is InChI=1S/C39H41N5O5Si/c1-26-36(50(2,3)48)35(21-22-43-24-33(41-42-43)31(25-45)27-13-7-4-8-14-27)49-39(26)32-23-29(40-37(46)28-15-9-5-10-16-28)19-20-34(32)44(38(39)47)30-17-11-6-12-18-30/h4-20,23-24,26,31,35-36,45,48H,21-22,25H2,1-3H3,(H,40,46)/t26-,31?,35+,36-,39+/m0/s1. The molecule has 11 heteroatoms. The number of aryl methyl sites for hydroxylation is 1. The number of nitrogens with one attached hydrogen (secondary N) is 1. The Labute approximate surface area is 292 Å². The number of para-hydroxylation sites is 1. The number of rotatable bonds is 10. The molecule has 1 aromatic heterocycles. The Morgan fingerprint density at radius 1 is 0.980 bits per heavy atom. The minimum atomic E-state index is -2.92. The lowest BCUT2D eigenvalue weighted by molar-refractivity contribution is -0.145. The van der Waals surface area contributed by atoms with E-state index in [0.717, 1.165) is 5.56 Å². The molecule has 0 aliphatic carbocycles. The van der Waals surface area contributed by atoms with Crippen molar-refractivity contribution < 1.29 is 24.2 Å². The van der Waals surface area contributed by atoms with E-state index in [1.54, 1.807) is 27.8 Å². The van der Waals surface area contributed by atoms with E-state index in [1.165, 1.54) is 0 Å². The van der Waals surface area contributed by atoms with E-state index < -0.39 is 20.0 Å². The van der Waals surface area contributed by atoms with Gasteiger partial charge in [0.05, 0.1) is 30.0 Å². The molecule has 1 fully saturated rings. The van der Waals surface area contributed by atoms with Gasteiger partial charge in [-0.05, 0) is 67.5 Å². The Hall–Kier alpha value is -4.94. The fourth-order valence-corrected chi connectivity index (χ4v) is 10.5. The number of ether oxygens (including phenoxy) is 1. The van der Waals surface area contributed by atoms with E-state index in [1.807, 2.05) is 117 Å². The molecule has 0 radical (unpaired) electrons. The maximum atomic E-state index is 14.9. The fraction of sp³-hybridized carbons (Fsp3) is 0.282. The van der Waals surface area contributed by atoms with Crippen molar-refractivity contribution in [3.63, 3.8) is 0 Å². The van der Waals surface area contributed by atoms with Crippen LogP contribution in [0.4, 0.5) is 17.1 Å². The number of anilines is 3. The lowest BCUT2D eigenvalue weighted by Gasteiger charge is -2.32. The minimum absolute atomic E-state index is 0.103. The molecule has 1 unspecified atom stereocenters. The van der Waals surface area contributed by atoms with Crippen LogP contribution in [-0.4, -0.2) is 57.7 Å². The molecule has 7 rings (SSSR count). The Morgan fingerprint density at radius 2 is 1.64 bits per heavy atom. The van der Waals surface area contributed by atoms with Gasteiger partial charge in [-0.3, -0.25) is 19.2 Å². The fourth-order valence-electron chi connectivity index (χ4n) is 7.87. The summed E-state index contributed by atoms with van der Waals surface area (Å²) in [5.74, 6) is -1.17. The Morgan fingerprint density at radius 3 is 2.30 bits per heavy atom. The van der Waals surface area contributed by atoms with Crippen LogP contribution in [0.5, 0.6) is 0 Å². The second-order valence-electron chi connectivity index (χ2n) is 13.7. The first kappa shape index (κ1) is 33.5. The number of amides is 2. The van der Waals surface area contributed by atoms with Crippen LogP contribution in [0.1, 0.15) is 46.4 Å². The topological polar surface area (TPSA) is 130 Å². The zero-order chi connectivity index (χ0) is 35.0. The summed E-state index contributed by atoms with van der Waals surface area (Å²) in [6.45, 7) is 6.13. The Bertz CT molecular complexity index is 1980. The molecule has 10 nitrogen and oxygen atoms in total. The molecule has 1 saturated heterocycles. The summed E-state index contributed by atoms with van der Waals surface area (Å²) in [6, 6.07) is 33.7. The number of aromatic nitrogens is 3. The van der Waals surface area contributed by atoms with Gasteiger partial charge in [0.25, 0.3) is 11.8 Å². The third-order valence-electron chi connectivity index (χ3n) is 10.1. The quantitative estimate of drug-likeness (QED) is 0.149. The third-order valence-corrected chi connectivity index (χ3v) is 12.6. The van der Waals surface area contributed by atoms with Gasteiger partial charge in [0.1, 0.15) is 0 Å². The number of fused-ring (bicyclic) bond motifs is 2. The second-order valence-corrected chi connectivity index (χ2v) is 17.7. The number of carbonyl (C=O) groups excluding carboxylic acids is 2. The molecule has 50 heavy (non-hydrogen) atoms. The lowest BCUT2D eigenvalue weighted by atomic mass is 9.82. The number of hydrogen-bond acceptors (Lipinski definition) is 7. The van der Waals surface area contributed by atoms with Crippen molar-refractivity contribution >= 4 is 37.2 Å². The monoisotopic (exact) mass is 687 g/mol. The number of aliphatic hydroxyl groups is 1. The minimum Gasteiger partial charge on any atom is -0.432 e. The van der Waals surface area contributed by atoms with Crippen molar-refractivity contribution in [1.82, 2.24) is 15.0 Å². The van der Waals surface area contributed by atoms with Crippen LogP contribution >= 0.6 is 0 Å². The number of aliphatic hydroxyl groups excluding tert-OH is 1. The molecule has 3 N–H and O–H groups in total. The van der Waals surface area contributed by atoms with Crippen molar-refractivity contribution in [1.29, 1.82) is 0 Å². The van der Waals surface area contributed by atoms with Gasteiger partial charge in [0.15, 0.2) is 13.9 Å².